The van der Waals surface area contributed by atoms with Gasteiger partial charge in [-0.25, -0.2) is 4.39 Å². The van der Waals surface area contributed by atoms with E-state index in [1.54, 1.807) is 17.0 Å². The predicted molar refractivity (Wildman–Crippen MR) is 101 cm³/mol. The molecule has 1 aromatic carbocycles. The number of halogens is 2. The van der Waals surface area contributed by atoms with Gasteiger partial charge in [0, 0.05) is 18.7 Å². The third-order valence-corrected chi connectivity index (χ3v) is 5.03. The summed E-state index contributed by atoms with van der Waals surface area (Å²) in [7, 11) is 0. The van der Waals surface area contributed by atoms with Gasteiger partial charge in [-0.2, -0.15) is 0 Å². The maximum atomic E-state index is 14.0. The van der Waals surface area contributed by atoms with Crippen LogP contribution in [0.15, 0.2) is 28.1 Å². The lowest BCUT2D eigenvalue weighted by Crippen LogP contribution is -2.30. The second-order valence-electron chi connectivity index (χ2n) is 5.57. The average molecular weight is 369 g/mol. The Kier molecular flexibility index (Phi) is 7.31. The van der Waals surface area contributed by atoms with E-state index in [1.165, 1.54) is 23.9 Å². The van der Waals surface area contributed by atoms with Crippen LogP contribution in [-0.2, 0) is 4.79 Å². The third kappa shape index (κ3) is 4.61. The zero-order chi connectivity index (χ0) is 17.5. The molecule has 0 spiro atoms. The Labute approximate surface area is 152 Å². The molecule has 1 saturated heterocycles. The Hall–Kier alpha value is -1.33. The first-order chi connectivity index (χ1) is 11.6. The molecule has 130 valence electrons. The van der Waals surface area contributed by atoms with Gasteiger partial charge in [-0.1, -0.05) is 44.4 Å². The van der Waals surface area contributed by atoms with E-state index < -0.39 is 5.82 Å². The van der Waals surface area contributed by atoms with Crippen LogP contribution in [0, 0.1) is 5.82 Å². The average Bonchev–Trinajstić information content (AvgIpc) is 2.85. The van der Waals surface area contributed by atoms with Gasteiger partial charge in [-0.15, -0.1) is 0 Å². The third-order valence-electron chi connectivity index (χ3n) is 3.66. The molecule has 0 unspecified atom stereocenters. The first kappa shape index (κ1) is 19.0. The first-order valence-corrected chi connectivity index (χ1v) is 9.47. The van der Waals surface area contributed by atoms with Gasteiger partial charge < -0.3 is 0 Å². The maximum absolute atomic E-state index is 14.0. The summed E-state index contributed by atoms with van der Waals surface area (Å²) in [5.74, 6) is -0.553. The zero-order valence-corrected chi connectivity index (χ0v) is 15.6. The summed E-state index contributed by atoms with van der Waals surface area (Å²) in [5.41, 5.74) is 0.250. The van der Waals surface area contributed by atoms with Crippen LogP contribution in [0.1, 0.15) is 45.1 Å². The number of rotatable bonds is 7. The number of benzene rings is 1. The summed E-state index contributed by atoms with van der Waals surface area (Å²) in [6, 6.07) is 4.51. The lowest BCUT2D eigenvalue weighted by Gasteiger charge is -2.14. The van der Waals surface area contributed by atoms with Crippen LogP contribution in [0.5, 0.6) is 0 Å². The molecule has 0 aliphatic carbocycles. The Balaban J connectivity index is 2.30. The predicted octanol–water partition coefficient (Wildman–Crippen LogP) is 5.35. The van der Waals surface area contributed by atoms with Crippen molar-refractivity contribution in [2.45, 2.75) is 39.5 Å². The lowest BCUT2D eigenvalue weighted by atomic mass is 10.2. The van der Waals surface area contributed by atoms with Gasteiger partial charge in [0.25, 0.3) is 5.91 Å². The van der Waals surface area contributed by atoms with Crippen molar-refractivity contribution in [3.8, 4) is 0 Å². The minimum absolute atomic E-state index is 0.122. The van der Waals surface area contributed by atoms with E-state index in [2.05, 4.69) is 18.8 Å². The van der Waals surface area contributed by atoms with Gasteiger partial charge in [0.2, 0.25) is 0 Å². The molecule has 24 heavy (non-hydrogen) atoms. The molecule has 6 heteroatoms. The number of nitrogens with zero attached hydrogens (tertiary/aromatic N) is 2. The Morgan fingerprint density at radius 1 is 1.29 bits per heavy atom. The van der Waals surface area contributed by atoms with Crippen molar-refractivity contribution in [2.75, 3.05) is 13.1 Å². The fraction of sp³-hybridized carbons (Fsp3) is 0.444. The topological polar surface area (TPSA) is 32.7 Å². The molecular weight excluding hydrogens is 347 g/mol. The van der Waals surface area contributed by atoms with Crippen molar-refractivity contribution in [2.24, 2.45) is 4.99 Å². The number of thioether (sulfide) groups is 1. The van der Waals surface area contributed by atoms with Crippen LogP contribution in [0.3, 0.4) is 0 Å². The van der Waals surface area contributed by atoms with Gasteiger partial charge in [-0.3, -0.25) is 14.7 Å². The zero-order valence-electron chi connectivity index (χ0n) is 14.0. The second kappa shape index (κ2) is 9.23. The lowest BCUT2D eigenvalue weighted by molar-refractivity contribution is -0.122. The highest BCUT2D eigenvalue weighted by molar-refractivity contribution is 8.18. The number of aliphatic imine (C=N–C) groups is 1. The number of unbranched alkanes of at least 4 members (excludes halogenated alkanes) is 2. The number of carbonyl (C=O) groups excluding carboxylic acids is 1. The molecule has 1 aromatic rings. The summed E-state index contributed by atoms with van der Waals surface area (Å²) in [4.78, 5) is 19.4. The van der Waals surface area contributed by atoms with Crippen molar-refractivity contribution in [1.82, 2.24) is 4.90 Å². The molecule has 0 aromatic heterocycles. The standard InChI is InChI=1S/C18H22ClFN2OS/c1-3-5-10-21-18-22(11-6-4-2)17(23)16(24-18)12-13-14(19)8-7-9-15(13)20/h7-9,12H,3-6,10-11H2,1-2H3/b16-12-,21-18?. The molecule has 1 aliphatic rings. The van der Waals surface area contributed by atoms with E-state index in [0.717, 1.165) is 25.7 Å². The monoisotopic (exact) mass is 368 g/mol. The largest absolute Gasteiger partial charge is 0.287 e. The van der Waals surface area contributed by atoms with Crippen molar-refractivity contribution < 1.29 is 9.18 Å². The van der Waals surface area contributed by atoms with Crippen molar-refractivity contribution >= 4 is 40.5 Å². The van der Waals surface area contributed by atoms with Crippen molar-refractivity contribution in [1.29, 1.82) is 0 Å². The van der Waals surface area contributed by atoms with Crippen LogP contribution in [0.2, 0.25) is 5.02 Å². The van der Waals surface area contributed by atoms with E-state index in [4.69, 9.17) is 11.6 Å². The van der Waals surface area contributed by atoms with Crippen LogP contribution in [0.25, 0.3) is 6.08 Å². The van der Waals surface area contributed by atoms with Gasteiger partial charge in [0.15, 0.2) is 5.17 Å². The molecule has 2 rings (SSSR count). The van der Waals surface area contributed by atoms with E-state index in [-0.39, 0.29) is 11.5 Å². The summed E-state index contributed by atoms with van der Waals surface area (Å²) in [6.07, 6.45) is 5.48. The number of carbonyl (C=O) groups is 1. The van der Waals surface area contributed by atoms with Crippen LogP contribution < -0.4 is 0 Å². The van der Waals surface area contributed by atoms with E-state index in [1.807, 2.05) is 0 Å². The quantitative estimate of drug-likeness (QED) is 0.480. The number of hydrogen-bond acceptors (Lipinski definition) is 3. The summed E-state index contributed by atoms with van der Waals surface area (Å²) >= 11 is 7.37. The molecule has 1 fully saturated rings. The van der Waals surface area contributed by atoms with Gasteiger partial charge in [0.05, 0.1) is 9.93 Å². The number of hydrogen-bond donors (Lipinski definition) is 0. The second-order valence-corrected chi connectivity index (χ2v) is 6.99. The van der Waals surface area contributed by atoms with Gasteiger partial charge >= 0.3 is 0 Å². The fourth-order valence-corrected chi connectivity index (χ4v) is 3.48. The highest BCUT2D eigenvalue weighted by atomic mass is 35.5. The minimum Gasteiger partial charge on any atom is -0.287 e. The molecule has 1 aliphatic heterocycles. The molecular formula is C18H22ClFN2OS. The van der Waals surface area contributed by atoms with E-state index >= 15 is 0 Å². The highest BCUT2D eigenvalue weighted by Crippen LogP contribution is 2.34. The molecule has 0 bridgehead atoms. The van der Waals surface area contributed by atoms with Crippen molar-refractivity contribution in [3.05, 3.63) is 39.5 Å². The van der Waals surface area contributed by atoms with Crippen LogP contribution in [0.4, 0.5) is 4.39 Å². The summed E-state index contributed by atoms with van der Waals surface area (Å²) in [6.45, 7) is 5.52. The minimum atomic E-state index is -0.431. The smallest absolute Gasteiger partial charge is 0.266 e. The van der Waals surface area contributed by atoms with Gasteiger partial charge in [0.1, 0.15) is 5.82 Å². The molecule has 1 amide bonds. The summed E-state index contributed by atoms with van der Waals surface area (Å²) in [5, 5.41) is 1.01. The van der Waals surface area contributed by atoms with E-state index in [9.17, 15) is 9.18 Å². The number of amidine groups is 1. The highest BCUT2D eigenvalue weighted by Gasteiger charge is 2.33. The molecule has 0 atom stereocenters. The Morgan fingerprint density at radius 2 is 2.04 bits per heavy atom. The normalized spacial score (nSPS) is 18.2. The van der Waals surface area contributed by atoms with Gasteiger partial charge in [-0.05, 0) is 42.8 Å². The van der Waals surface area contributed by atoms with E-state index in [0.29, 0.717) is 28.2 Å². The molecule has 0 N–H and O–H groups in total. The number of amides is 1. The Morgan fingerprint density at radius 3 is 2.71 bits per heavy atom. The summed E-state index contributed by atoms with van der Waals surface area (Å²) < 4.78 is 14.0. The molecule has 3 nitrogen and oxygen atoms in total. The van der Waals surface area contributed by atoms with Crippen molar-refractivity contribution in [3.63, 3.8) is 0 Å². The van der Waals surface area contributed by atoms with Crippen LogP contribution in [-0.4, -0.2) is 29.1 Å². The fourth-order valence-electron chi connectivity index (χ4n) is 2.25. The molecule has 0 saturated carbocycles. The maximum Gasteiger partial charge on any atom is 0.266 e. The Bertz CT molecular complexity index is 640. The SMILES string of the molecule is CCCCN=C1S/C(=C\c2c(F)cccc2Cl)C(=O)N1CCCC. The molecule has 0 radical (unpaired) electrons. The first-order valence-electron chi connectivity index (χ1n) is 8.28. The van der Waals surface area contributed by atoms with Crippen LogP contribution >= 0.6 is 23.4 Å². The molecule has 1 heterocycles.